The largest absolute Gasteiger partial charge is 0.463 e. The average Bonchev–Trinajstić information content (AvgIpc) is 3.11. The Balaban J connectivity index is 2.08. The van der Waals surface area contributed by atoms with Crippen LogP contribution < -0.4 is 5.32 Å². The minimum atomic E-state index is -0.468. The normalized spacial score (nSPS) is 27.7. The van der Waals surface area contributed by atoms with Crippen molar-refractivity contribution in [1.29, 1.82) is 0 Å². The first-order valence-corrected chi connectivity index (χ1v) is 9.93. The number of likely N-dealkylation sites (tertiary alicyclic amines) is 1. The molecule has 7 nitrogen and oxygen atoms in total. The molecule has 0 aromatic rings. The molecule has 2 heterocycles. The molecule has 0 bridgehead atoms. The van der Waals surface area contributed by atoms with Gasteiger partial charge < -0.3 is 20.1 Å². The lowest BCUT2D eigenvalue weighted by Crippen LogP contribution is -2.46. The predicted octanol–water partition coefficient (Wildman–Crippen LogP) is 1.40. The van der Waals surface area contributed by atoms with Crippen LogP contribution in [-0.4, -0.2) is 59.6 Å². The number of nitrogens with one attached hydrogen (secondary N) is 1. The lowest BCUT2D eigenvalue weighted by atomic mass is 9.96. The Morgan fingerprint density at radius 3 is 2.85 bits per heavy atom. The zero-order valence-corrected chi connectivity index (χ0v) is 16.4. The van der Waals surface area contributed by atoms with Crippen molar-refractivity contribution in [2.45, 2.75) is 64.5 Å². The molecule has 2 N–H and O–H groups in total. The first kappa shape index (κ1) is 21.4. The van der Waals surface area contributed by atoms with E-state index < -0.39 is 5.92 Å². The number of nitrogens with zero attached hydrogens (tertiary/aromatic N) is 1. The molecule has 7 heteroatoms. The van der Waals surface area contributed by atoms with E-state index in [1.54, 1.807) is 4.90 Å². The number of hydrogen-bond donors (Lipinski definition) is 2. The third kappa shape index (κ3) is 6.34. The van der Waals surface area contributed by atoms with E-state index in [9.17, 15) is 19.5 Å². The maximum atomic E-state index is 12.8. The predicted molar refractivity (Wildman–Crippen MR) is 101 cm³/mol. The van der Waals surface area contributed by atoms with Crippen LogP contribution in [0.15, 0.2) is 12.2 Å². The molecular weight excluding hydrogens is 348 g/mol. The Hall–Kier alpha value is -1.89. The summed E-state index contributed by atoms with van der Waals surface area (Å²) >= 11 is 0. The molecule has 2 rings (SSSR count). The van der Waals surface area contributed by atoms with Crippen LogP contribution >= 0.6 is 0 Å². The summed E-state index contributed by atoms with van der Waals surface area (Å²) in [5.41, 5.74) is 0. The lowest BCUT2D eigenvalue weighted by Gasteiger charge is -2.27. The van der Waals surface area contributed by atoms with Crippen LogP contribution in [0.3, 0.4) is 0 Å². The van der Waals surface area contributed by atoms with E-state index in [1.807, 2.05) is 26.0 Å². The Labute approximate surface area is 161 Å². The number of hydrogen-bond acceptors (Lipinski definition) is 5. The topological polar surface area (TPSA) is 95.9 Å². The fourth-order valence-corrected chi connectivity index (χ4v) is 3.50. The van der Waals surface area contributed by atoms with E-state index in [-0.39, 0.29) is 55.4 Å². The van der Waals surface area contributed by atoms with Crippen molar-refractivity contribution < 1.29 is 24.2 Å². The van der Waals surface area contributed by atoms with Crippen LogP contribution in [0.1, 0.15) is 52.4 Å². The number of aliphatic hydroxyl groups excluding tert-OH is 1. The number of esters is 1. The van der Waals surface area contributed by atoms with Gasteiger partial charge in [-0.25, -0.2) is 0 Å². The van der Waals surface area contributed by atoms with Gasteiger partial charge in [-0.1, -0.05) is 26.0 Å². The van der Waals surface area contributed by atoms with Gasteiger partial charge in [0.15, 0.2) is 0 Å². The van der Waals surface area contributed by atoms with Gasteiger partial charge in [0.1, 0.15) is 6.61 Å². The minimum Gasteiger partial charge on any atom is -0.463 e. The van der Waals surface area contributed by atoms with E-state index in [0.29, 0.717) is 25.8 Å². The molecule has 27 heavy (non-hydrogen) atoms. The van der Waals surface area contributed by atoms with E-state index in [4.69, 9.17) is 4.74 Å². The van der Waals surface area contributed by atoms with E-state index in [0.717, 1.165) is 12.8 Å². The quantitative estimate of drug-likeness (QED) is 0.568. The van der Waals surface area contributed by atoms with Gasteiger partial charge in [-0.15, -0.1) is 0 Å². The van der Waals surface area contributed by atoms with Gasteiger partial charge in [0.05, 0.1) is 24.6 Å². The van der Waals surface area contributed by atoms with E-state index in [1.165, 1.54) is 0 Å². The molecule has 0 radical (unpaired) electrons. The molecule has 2 aliphatic heterocycles. The molecule has 0 aromatic carbocycles. The Morgan fingerprint density at radius 2 is 2.15 bits per heavy atom. The van der Waals surface area contributed by atoms with Crippen LogP contribution in [0.2, 0.25) is 0 Å². The van der Waals surface area contributed by atoms with Crippen LogP contribution in [0.25, 0.3) is 0 Å². The Morgan fingerprint density at radius 1 is 1.37 bits per heavy atom. The van der Waals surface area contributed by atoms with Crippen LogP contribution in [0.4, 0.5) is 0 Å². The van der Waals surface area contributed by atoms with E-state index in [2.05, 4.69) is 5.32 Å². The third-order valence-corrected chi connectivity index (χ3v) is 5.36. The number of cyclic esters (lactones) is 1. The molecule has 1 saturated heterocycles. The summed E-state index contributed by atoms with van der Waals surface area (Å²) in [5, 5.41) is 12.4. The summed E-state index contributed by atoms with van der Waals surface area (Å²) < 4.78 is 5.27. The molecule has 0 aromatic heterocycles. The maximum absolute atomic E-state index is 12.8. The first-order chi connectivity index (χ1) is 12.9. The second-order valence-electron chi connectivity index (χ2n) is 7.75. The van der Waals surface area contributed by atoms with Crippen LogP contribution in [-0.2, 0) is 19.1 Å². The number of aliphatic hydroxyl groups is 1. The molecule has 3 unspecified atom stereocenters. The van der Waals surface area contributed by atoms with Crippen LogP contribution in [0.5, 0.6) is 0 Å². The fourth-order valence-electron chi connectivity index (χ4n) is 3.50. The van der Waals surface area contributed by atoms with Gasteiger partial charge in [-0.05, 0) is 31.6 Å². The second-order valence-corrected chi connectivity index (χ2v) is 7.75. The van der Waals surface area contributed by atoms with Gasteiger partial charge in [0.2, 0.25) is 11.8 Å². The Kier molecular flexibility index (Phi) is 8.28. The first-order valence-electron chi connectivity index (χ1n) is 9.93. The van der Waals surface area contributed by atoms with Crippen LogP contribution in [0, 0.1) is 11.8 Å². The maximum Gasteiger partial charge on any atom is 0.306 e. The molecular formula is C20H32N2O5. The molecule has 0 saturated carbocycles. The van der Waals surface area contributed by atoms with Crippen molar-refractivity contribution in [3.63, 3.8) is 0 Å². The zero-order chi connectivity index (χ0) is 19.8. The van der Waals surface area contributed by atoms with Gasteiger partial charge in [-0.2, -0.15) is 0 Å². The SMILES string of the molecule is CC(C)C1COC(=O)CCC=CCC(CC(=O)N2CCCC2CO)C(=O)N1. The van der Waals surface area contributed by atoms with Gasteiger partial charge in [-0.3, -0.25) is 14.4 Å². The number of carbonyl (C=O) groups excluding carboxylic acids is 3. The average molecular weight is 380 g/mol. The summed E-state index contributed by atoms with van der Waals surface area (Å²) in [4.78, 5) is 39.0. The van der Waals surface area contributed by atoms with Crippen molar-refractivity contribution in [2.75, 3.05) is 19.8 Å². The number of carbonyl (C=O) groups is 3. The second kappa shape index (κ2) is 10.4. The summed E-state index contributed by atoms with van der Waals surface area (Å²) in [7, 11) is 0. The lowest BCUT2D eigenvalue weighted by molar-refractivity contribution is -0.145. The summed E-state index contributed by atoms with van der Waals surface area (Å²) in [6.45, 7) is 4.66. The van der Waals surface area contributed by atoms with Gasteiger partial charge in [0, 0.05) is 19.4 Å². The minimum absolute atomic E-state index is 0.0384. The highest BCUT2D eigenvalue weighted by Gasteiger charge is 2.32. The van der Waals surface area contributed by atoms with Gasteiger partial charge >= 0.3 is 5.97 Å². The summed E-state index contributed by atoms with van der Waals surface area (Å²) in [6, 6.07) is -0.412. The number of ether oxygens (including phenoxy) is 1. The Bertz CT molecular complexity index is 561. The molecule has 2 aliphatic rings. The molecule has 0 spiro atoms. The monoisotopic (exact) mass is 380 g/mol. The number of rotatable bonds is 4. The molecule has 2 amide bonds. The smallest absolute Gasteiger partial charge is 0.306 e. The van der Waals surface area contributed by atoms with E-state index >= 15 is 0 Å². The number of amides is 2. The highest BCUT2D eigenvalue weighted by molar-refractivity contribution is 5.86. The van der Waals surface area contributed by atoms with Gasteiger partial charge in [0.25, 0.3) is 0 Å². The number of allylic oxidation sites excluding steroid dienone is 2. The highest BCUT2D eigenvalue weighted by Crippen LogP contribution is 2.21. The van der Waals surface area contributed by atoms with Crippen molar-refractivity contribution in [1.82, 2.24) is 10.2 Å². The molecule has 1 fully saturated rings. The van der Waals surface area contributed by atoms with Crippen molar-refractivity contribution in [3.05, 3.63) is 12.2 Å². The third-order valence-electron chi connectivity index (χ3n) is 5.36. The molecule has 0 aliphatic carbocycles. The molecule has 152 valence electrons. The highest BCUT2D eigenvalue weighted by atomic mass is 16.5. The summed E-state index contributed by atoms with van der Waals surface area (Å²) in [5.74, 6) is -0.905. The zero-order valence-electron chi connectivity index (χ0n) is 16.4. The van der Waals surface area contributed by atoms with Crippen molar-refractivity contribution >= 4 is 17.8 Å². The molecule has 3 atom stereocenters. The summed E-state index contributed by atoms with van der Waals surface area (Å²) in [6.07, 6.45) is 6.86. The van der Waals surface area contributed by atoms with Crippen molar-refractivity contribution in [3.8, 4) is 0 Å². The fraction of sp³-hybridized carbons (Fsp3) is 0.750. The standard InChI is InChI=1S/C20H32N2O5/c1-14(2)17-13-27-19(25)9-5-3-4-7-15(20(26)21-17)11-18(24)22-10-6-8-16(22)12-23/h3-4,14-17,23H,5-13H2,1-2H3,(H,21,26). The van der Waals surface area contributed by atoms with Crippen molar-refractivity contribution in [2.24, 2.45) is 11.8 Å².